The lowest BCUT2D eigenvalue weighted by Gasteiger charge is -2.13. The summed E-state index contributed by atoms with van der Waals surface area (Å²) >= 11 is 0. The van der Waals surface area contributed by atoms with Crippen LogP contribution in [0.15, 0.2) is 48.7 Å². The molecule has 4 rings (SSSR count). The molecule has 1 aromatic carbocycles. The first-order valence-corrected chi connectivity index (χ1v) is 7.64. The van der Waals surface area contributed by atoms with Gasteiger partial charge in [0.25, 0.3) is 0 Å². The van der Waals surface area contributed by atoms with Crippen molar-refractivity contribution in [2.75, 3.05) is 6.54 Å². The molecule has 5 heteroatoms. The highest BCUT2D eigenvalue weighted by atomic mass is 16.3. The Bertz CT molecular complexity index is 832. The van der Waals surface area contributed by atoms with Crippen LogP contribution in [0.25, 0.3) is 10.9 Å². The highest BCUT2D eigenvalue weighted by Gasteiger charge is 2.45. The zero-order valence-corrected chi connectivity index (χ0v) is 12.4. The first kappa shape index (κ1) is 13.8. The van der Waals surface area contributed by atoms with Crippen LogP contribution in [0.2, 0.25) is 0 Å². The third kappa shape index (κ3) is 2.16. The molecule has 116 valence electrons. The Balaban J connectivity index is 1.55. The third-order valence-electron chi connectivity index (χ3n) is 4.59. The normalized spacial score (nSPS) is 23.0. The third-order valence-corrected chi connectivity index (χ3v) is 4.59. The summed E-state index contributed by atoms with van der Waals surface area (Å²) in [5.41, 5.74) is 1.91. The van der Waals surface area contributed by atoms with Crippen molar-refractivity contribution < 1.29 is 14.7 Å². The lowest BCUT2D eigenvalue weighted by Crippen LogP contribution is -2.32. The summed E-state index contributed by atoms with van der Waals surface area (Å²) in [6.07, 6.45) is 9.66. The van der Waals surface area contributed by atoms with E-state index >= 15 is 0 Å². The molecule has 0 bridgehead atoms. The number of imide groups is 1. The van der Waals surface area contributed by atoms with E-state index in [-0.39, 0.29) is 29.4 Å². The van der Waals surface area contributed by atoms with Crippen LogP contribution in [0, 0.1) is 11.8 Å². The number of likely N-dealkylation sites (tertiary alicyclic amines) is 1. The Kier molecular flexibility index (Phi) is 3.08. The predicted molar refractivity (Wildman–Crippen MR) is 85.6 cm³/mol. The molecule has 2 amide bonds. The van der Waals surface area contributed by atoms with Crippen molar-refractivity contribution in [2.24, 2.45) is 11.8 Å². The van der Waals surface area contributed by atoms with Crippen LogP contribution in [-0.4, -0.2) is 33.3 Å². The number of nitrogens with zero attached hydrogens (tertiary/aromatic N) is 1. The number of hydrogen-bond acceptors (Lipinski definition) is 3. The van der Waals surface area contributed by atoms with E-state index in [4.69, 9.17) is 0 Å². The SMILES string of the molecule is O=C1[C@H]2C=CC=C[C@@H]2C(=O)N1CCc1c[nH]c2ccc(O)cc12. The monoisotopic (exact) mass is 308 g/mol. The second-order valence-corrected chi connectivity index (χ2v) is 5.94. The zero-order chi connectivity index (χ0) is 16.0. The molecular formula is C18H16N2O3. The number of fused-ring (bicyclic) bond motifs is 2. The van der Waals surface area contributed by atoms with Crippen molar-refractivity contribution in [3.8, 4) is 5.75 Å². The first-order valence-electron chi connectivity index (χ1n) is 7.64. The molecule has 2 atom stereocenters. The van der Waals surface area contributed by atoms with Gasteiger partial charge in [-0.15, -0.1) is 0 Å². The molecular weight excluding hydrogens is 292 g/mol. The minimum Gasteiger partial charge on any atom is -0.508 e. The maximum absolute atomic E-state index is 12.4. The molecule has 1 aromatic heterocycles. The van der Waals surface area contributed by atoms with Gasteiger partial charge >= 0.3 is 0 Å². The van der Waals surface area contributed by atoms with Crippen LogP contribution < -0.4 is 0 Å². The van der Waals surface area contributed by atoms with Crippen LogP contribution in [0.3, 0.4) is 0 Å². The topological polar surface area (TPSA) is 73.4 Å². The molecule has 0 radical (unpaired) electrons. The molecule has 23 heavy (non-hydrogen) atoms. The van der Waals surface area contributed by atoms with Crippen molar-refractivity contribution in [3.63, 3.8) is 0 Å². The Morgan fingerprint density at radius 3 is 2.48 bits per heavy atom. The number of aromatic nitrogens is 1. The summed E-state index contributed by atoms with van der Waals surface area (Å²) < 4.78 is 0. The number of benzene rings is 1. The van der Waals surface area contributed by atoms with Gasteiger partial charge in [-0.05, 0) is 30.2 Å². The van der Waals surface area contributed by atoms with E-state index < -0.39 is 0 Å². The van der Waals surface area contributed by atoms with Gasteiger partial charge in [-0.3, -0.25) is 14.5 Å². The van der Waals surface area contributed by atoms with E-state index in [1.165, 1.54) is 4.90 Å². The van der Waals surface area contributed by atoms with Gasteiger partial charge in [-0.1, -0.05) is 24.3 Å². The average Bonchev–Trinajstić information content (AvgIpc) is 3.06. The Morgan fingerprint density at radius 1 is 1.09 bits per heavy atom. The summed E-state index contributed by atoms with van der Waals surface area (Å²) in [7, 11) is 0. The largest absolute Gasteiger partial charge is 0.508 e. The Morgan fingerprint density at radius 2 is 1.78 bits per heavy atom. The number of phenols is 1. The number of rotatable bonds is 3. The fourth-order valence-corrected chi connectivity index (χ4v) is 3.37. The van der Waals surface area contributed by atoms with Gasteiger partial charge in [0.05, 0.1) is 11.8 Å². The van der Waals surface area contributed by atoms with Gasteiger partial charge in [0.2, 0.25) is 11.8 Å². The van der Waals surface area contributed by atoms with E-state index in [0.717, 1.165) is 16.5 Å². The van der Waals surface area contributed by atoms with Crippen LogP contribution in [0.1, 0.15) is 5.56 Å². The molecule has 2 aromatic rings. The smallest absolute Gasteiger partial charge is 0.237 e. The standard InChI is InChI=1S/C18H16N2O3/c21-12-5-6-16-15(9-12)11(10-19-16)7-8-20-17(22)13-3-1-2-4-14(13)18(20)23/h1-6,9-10,13-14,19,21H,7-8H2/t13-,14-/m0/s1. The number of aromatic amines is 1. The quantitative estimate of drug-likeness (QED) is 0.853. The molecule has 1 saturated heterocycles. The maximum Gasteiger partial charge on any atom is 0.237 e. The van der Waals surface area contributed by atoms with E-state index in [1.54, 1.807) is 24.3 Å². The second kappa shape index (κ2) is 5.12. The Hall–Kier alpha value is -2.82. The molecule has 0 unspecified atom stereocenters. The van der Waals surface area contributed by atoms with Crippen LogP contribution in [0.5, 0.6) is 5.75 Å². The fraction of sp³-hybridized carbons (Fsp3) is 0.222. The number of carbonyl (C=O) groups excluding carboxylic acids is 2. The molecule has 1 aliphatic heterocycles. The number of aromatic hydroxyl groups is 1. The predicted octanol–water partition coefficient (Wildman–Crippen LogP) is 2.14. The number of nitrogens with one attached hydrogen (secondary N) is 1. The molecule has 2 heterocycles. The van der Waals surface area contributed by atoms with Crippen molar-refractivity contribution in [3.05, 3.63) is 54.3 Å². The summed E-state index contributed by atoms with van der Waals surface area (Å²) in [5, 5.41) is 10.5. The molecule has 0 spiro atoms. The zero-order valence-electron chi connectivity index (χ0n) is 12.4. The Labute approximate surface area is 132 Å². The van der Waals surface area contributed by atoms with Gasteiger partial charge in [0.15, 0.2) is 0 Å². The number of phenolic OH excluding ortho intramolecular Hbond substituents is 1. The number of H-pyrrole nitrogens is 1. The van der Waals surface area contributed by atoms with Crippen LogP contribution >= 0.6 is 0 Å². The van der Waals surface area contributed by atoms with Crippen LogP contribution in [0.4, 0.5) is 0 Å². The highest BCUT2D eigenvalue weighted by molar-refractivity contribution is 6.07. The van der Waals surface area contributed by atoms with Gasteiger partial charge in [-0.2, -0.15) is 0 Å². The number of carbonyl (C=O) groups is 2. The summed E-state index contributed by atoms with van der Waals surface area (Å²) in [6.45, 7) is 0.356. The van der Waals surface area contributed by atoms with Gasteiger partial charge < -0.3 is 10.1 Å². The van der Waals surface area contributed by atoms with E-state index in [2.05, 4.69) is 4.98 Å². The van der Waals surface area contributed by atoms with E-state index in [9.17, 15) is 14.7 Å². The second-order valence-electron chi connectivity index (χ2n) is 5.94. The van der Waals surface area contributed by atoms with E-state index in [1.807, 2.05) is 24.4 Å². The first-order chi connectivity index (χ1) is 11.1. The number of amides is 2. The number of hydrogen-bond donors (Lipinski definition) is 2. The molecule has 0 saturated carbocycles. The van der Waals surface area contributed by atoms with Crippen molar-refractivity contribution in [1.82, 2.24) is 9.88 Å². The molecule has 2 N–H and O–H groups in total. The highest BCUT2D eigenvalue weighted by Crippen LogP contribution is 2.31. The minimum atomic E-state index is -0.348. The van der Waals surface area contributed by atoms with Crippen LogP contribution in [-0.2, 0) is 16.0 Å². The molecule has 1 aliphatic carbocycles. The molecule has 5 nitrogen and oxygen atoms in total. The fourth-order valence-electron chi connectivity index (χ4n) is 3.37. The van der Waals surface area contributed by atoms with Crippen molar-refractivity contribution in [1.29, 1.82) is 0 Å². The summed E-state index contributed by atoms with van der Waals surface area (Å²) in [5.74, 6) is -0.737. The maximum atomic E-state index is 12.4. The lowest BCUT2D eigenvalue weighted by molar-refractivity contribution is -0.139. The lowest BCUT2D eigenvalue weighted by atomic mass is 9.91. The van der Waals surface area contributed by atoms with Crippen molar-refractivity contribution in [2.45, 2.75) is 6.42 Å². The minimum absolute atomic E-state index is 0.122. The summed E-state index contributed by atoms with van der Waals surface area (Å²) in [6, 6.07) is 5.13. The summed E-state index contributed by atoms with van der Waals surface area (Å²) in [4.78, 5) is 29.3. The van der Waals surface area contributed by atoms with Gasteiger partial charge in [0.1, 0.15) is 5.75 Å². The average molecular weight is 308 g/mol. The van der Waals surface area contributed by atoms with Gasteiger partial charge in [-0.25, -0.2) is 0 Å². The molecule has 1 fully saturated rings. The molecule has 2 aliphatic rings. The van der Waals surface area contributed by atoms with E-state index in [0.29, 0.717) is 13.0 Å². The van der Waals surface area contributed by atoms with Crippen molar-refractivity contribution >= 4 is 22.7 Å². The van der Waals surface area contributed by atoms with Gasteiger partial charge in [0, 0.05) is 23.6 Å². The number of allylic oxidation sites excluding steroid dienone is 2.